The highest BCUT2D eigenvalue weighted by molar-refractivity contribution is 5.78. The summed E-state index contributed by atoms with van der Waals surface area (Å²) in [6.07, 6.45) is -11.2. The van der Waals surface area contributed by atoms with Gasteiger partial charge in [-0.2, -0.15) is 0 Å². The fourth-order valence-electron chi connectivity index (χ4n) is 8.84. The van der Waals surface area contributed by atoms with Gasteiger partial charge in [0.1, 0.15) is 94.6 Å². The molecule has 0 aromatic carbocycles. The Morgan fingerprint density at radius 2 is 0.931 bits per heavy atom. The molecule has 1 fully saturated rings. The Bertz CT molecular complexity index is 2230. The highest BCUT2D eigenvalue weighted by Crippen LogP contribution is 2.31. The Morgan fingerprint density at radius 3 is 1.39 bits per heavy atom. The first-order chi connectivity index (χ1) is 41.2. The zero-order valence-electron chi connectivity index (χ0n) is 50.2. The number of carbonyl (C=O) groups is 5. The van der Waals surface area contributed by atoms with Crippen LogP contribution >= 0.6 is 0 Å². The van der Waals surface area contributed by atoms with Crippen LogP contribution in [0.5, 0.6) is 0 Å². The molecule has 1 saturated heterocycles. The highest BCUT2D eigenvalue weighted by Gasteiger charge is 2.49. The van der Waals surface area contributed by atoms with Crippen molar-refractivity contribution in [2.24, 2.45) is 0 Å². The molecular weight excluding hydrogens is 1160 g/mol. The van der Waals surface area contributed by atoms with E-state index < -0.39 is 214 Å². The zero-order chi connectivity index (χ0) is 65.8. The first-order valence-electron chi connectivity index (χ1n) is 29.1. The minimum Gasteiger partial charge on any atom is -0.508 e. The summed E-state index contributed by atoms with van der Waals surface area (Å²) < 4.78 is 28.4. The van der Waals surface area contributed by atoms with Gasteiger partial charge in [-0.15, -0.1) is 0 Å². The molecule has 0 aromatic heterocycles. The first-order valence-corrected chi connectivity index (χ1v) is 29.1. The normalized spacial score (nSPS) is 20.8. The van der Waals surface area contributed by atoms with Gasteiger partial charge in [0, 0.05) is 86.2 Å². The van der Waals surface area contributed by atoms with Crippen LogP contribution in [0, 0.1) is 0 Å². The first kappa shape index (κ1) is 79.6. The van der Waals surface area contributed by atoms with Crippen molar-refractivity contribution in [1.29, 1.82) is 0 Å². The average molecular weight is 1260 g/mol. The van der Waals surface area contributed by atoms with E-state index in [1.807, 2.05) is 5.32 Å². The lowest BCUT2D eigenvalue weighted by Crippen LogP contribution is -2.66. The second-order valence-electron chi connectivity index (χ2n) is 20.5. The summed E-state index contributed by atoms with van der Waals surface area (Å²) >= 11 is 0. The lowest BCUT2D eigenvalue weighted by molar-refractivity contribution is -0.303. The number of rotatable bonds is 45. The van der Waals surface area contributed by atoms with E-state index in [0.717, 1.165) is 72.6 Å². The summed E-state index contributed by atoms with van der Waals surface area (Å²) in [5.41, 5.74) is -3.74. The van der Waals surface area contributed by atoms with Crippen molar-refractivity contribution in [3.63, 3.8) is 0 Å². The van der Waals surface area contributed by atoms with Crippen LogP contribution in [0.2, 0.25) is 0 Å². The standard InChI is InChI=1S/C56H97N5O26/c1-6-7-8-9-10-11-12-13-14-15-16-17-18-19-20-21-40(72)61-42(46(73)35(71)22-26-62)53(80)84-37(24-28-64)48(75)44(59-33(4)69)55(82)87-51-39(30-66)86-56(45(50(51)77)60-34(5)70)85-38(25-29-65)49(76)43(58-32(3)68)54(81)83-36(23-27-63)47(74)41(52(78)79)57-31(2)67/h11-12,35-39,45,50-56,62-66,71,73-82H,6-10,13-30H2,1-5H3,(H,57,67)(H,58,68)(H,59,69)(H,60,70)(H,61,72)/b12-11-,46-42-,47-41-,48-44-,49-43-. The van der Waals surface area contributed by atoms with Crippen molar-refractivity contribution < 1.29 is 129 Å². The van der Waals surface area contributed by atoms with Crippen LogP contribution in [0.25, 0.3) is 0 Å². The van der Waals surface area contributed by atoms with Gasteiger partial charge in [0.15, 0.2) is 18.9 Å². The number of amides is 5. The van der Waals surface area contributed by atoms with Gasteiger partial charge >= 0.3 is 0 Å². The van der Waals surface area contributed by atoms with Crippen molar-refractivity contribution in [2.75, 3.05) is 33.0 Å². The van der Waals surface area contributed by atoms with Crippen LogP contribution in [0.3, 0.4) is 0 Å². The Morgan fingerprint density at radius 1 is 0.506 bits per heavy atom. The van der Waals surface area contributed by atoms with E-state index >= 15 is 0 Å². The van der Waals surface area contributed by atoms with E-state index in [2.05, 4.69) is 40.3 Å². The SMILES string of the molecule is CCCCCC/C=C\CCCCCCCCCC(=O)N/C(=C(\O)C(O)CCO)C(O)OC(CCO)/C(O)=C(/NC(C)=O)C(O)OC1C(CO)OC(OC(CCO)/C(O)=C(/NC(C)=O)C(O)OC(CCO)/C(O)=C(/NC(C)=O)C(O)O)C(NC(C)=O)C1O. The third kappa shape index (κ3) is 29.6. The molecule has 0 saturated carbocycles. The van der Waals surface area contributed by atoms with E-state index in [-0.39, 0.29) is 6.42 Å². The smallest absolute Gasteiger partial charge is 0.224 e. The Kier molecular flexibility index (Phi) is 40.3. The van der Waals surface area contributed by atoms with Gasteiger partial charge in [-0.25, -0.2) is 0 Å². The Hall–Kier alpha value is -5.43. The maximum atomic E-state index is 13.2. The maximum absolute atomic E-state index is 13.2. The fraction of sp³-hybridized carbons (Fsp3) is 0.732. The van der Waals surface area contributed by atoms with Crippen LogP contribution < -0.4 is 26.6 Å². The number of hydrogen-bond acceptors (Lipinski definition) is 26. The van der Waals surface area contributed by atoms with Gasteiger partial charge in [0.25, 0.3) is 0 Å². The summed E-state index contributed by atoms with van der Waals surface area (Å²) in [6, 6.07) is -1.87. The minimum atomic E-state index is -2.61. The number of carbonyl (C=O) groups excluding carboxylic acids is 5. The average Bonchev–Trinajstić information content (AvgIpc) is 1.89. The summed E-state index contributed by atoms with van der Waals surface area (Å²) in [6.45, 7) is 1.57. The molecule has 1 aliphatic heterocycles. The number of aliphatic hydroxyl groups excluding tert-OH is 15. The molecule has 31 nitrogen and oxygen atoms in total. The van der Waals surface area contributed by atoms with Crippen LogP contribution in [-0.4, -0.2) is 224 Å². The van der Waals surface area contributed by atoms with Gasteiger partial charge in [-0.05, 0) is 32.1 Å². The lowest BCUT2D eigenvalue weighted by Gasteiger charge is -2.45. The lowest BCUT2D eigenvalue weighted by atomic mass is 9.96. The monoisotopic (exact) mass is 1260 g/mol. The molecular formula is C56H97N5O26. The number of aliphatic hydroxyl groups is 16. The van der Waals surface area contributed by atoms with Gasteiger partial charge < -0.3 is 132 Å². The minimum absolute atomic E-state index is 0.115. The summed E-state index contributed by atoms with van der Waals surface area (Å²) in [5.74, 6) is -9.12. The third-order valence-corrected chi connectivity index (χ3v) is 13.2. The van der Waals surface area contributed by atoms with Crippen molar-refractivity contribution in [3.8, 4) is 0 Å². The number of hydrogen-bond donors (Lipinski definition) is 21. The molecule has 0 aromatic rings. The molecule has 1 rings (SSSR count). The summed E-state index contributed by atoms with van der Waals surface area (Å²) in [5, 5.41) is 182. The van der Waals surface area contributed by atoms with E-state index in [0.29, 0.717) is 12.8 Å². The Balaban J connectivity index is 3.58. The fourth-order valence-corrected chi connectivity index (χ4v) is 8.84. The molecule has 87 heavy (non-hydrogen) atoms. The molecule has 12 atom stereocenters. The van der Waals surface area contributed by atoms with Crippen molar-refractivity contribution in [1.82, 2.24) is 26.6 Å². The van der Waals surface area contributed by atoms with Crippen LogP contribution in [-0.2, 0) is 47.7 Å². The van der Waals surface area contributed by atoms with Crippen LogP contribution in [0.1, 0.15) is 150 Å². The number of unbranched alkanes of at least 4 members (excludes halogenated alkanes) is 11. The van der Waals surface area contributed by atoms with Gasteiger partial charge in [-0.1, -0.05) is 70.4 Å². The molecule has 0 radical (unpaired) electrons. The van der Waals surface area contributed by atoms with Crippen LogP contribution in [0.15, 0.2) is 58.0 Å². The molecule has 5 amide bonds. The molecule has 31 heteroatoms. The van der Waals surface area contributed by atoms with E-state index in [4.69, 9.17) is 23.7 Å². The number of nitrogens with one attached hydrogen (secondary N) is 5. The second-order valence-corrected chi connectivity index (χ2v) is 20.5. The highest BCUT2D eigenvalue weighted by atomic mass is 16.7. The molecule has 0 spiro atoms. The second kappa shape index (κ2) is 44.1. The van der Waals surface area contributed by atoms with Gasteiger partial charge in [0.05, 0.1) is 6.61 Å². The maximum Gasteiger partial charge on any atom is 0.224 e. The largest absolute Gasteiger partial charge is 0.508 e. The Labute approximate surface area is 505 Å². The molecule has 0 aliphatic carbocycles. The summed E-state index contributed by atoms with van der Waals surface area (Å²) in [4.78, 5) is 62.6. The molecule has 1 aliphatic rings. The summed E-state index contributed by atoms with van der Waals surface area (Å²) in [7, 11) is 0. The molecule has 1 heterocycles. The molecule has 0 bridgehead atoms. The van der Waals surface area contributed by atoms with Crippen molar-refractivity contribution in [2.45, 2.75) is 230 Å². The predicted octanol–water partition coefficient (Wildman–Crippen LogP) is -1.09. The van der Waals surface area contributed by atoms with Gasteiger partial charge in [0.2, 0.25) is 42.1 Å². The molecule has 21 N–H and O–H groups in total. The molecule has 12 unspecified atom stereocenters. The zero-order valence-corrected chi connectivity index (χ0v) is 50.2. The van der Waals surface area contributed by atoms with Gasteiger partial charge in [-0.3, -0.25) is 24.0 Å². The predicted molar refractivity (Wildman–Crippen MR) is 306 cm³/mol. The number of allylic oxidation sites excluding steroid dienone is 2. The topological polar surface area (TPSA) is 515 Å². The van der Waals surface area contributed by atoms with E-state index in [1.54, 1.807) is 0 Å². The quantitative estimate of drug-likeness (QED) is 0.0149. The van der Waals surface area contributed by atoms with Crippen LogP contribution in [0.4, 0.5) is 0 Å². The molecule has 502 valence electrons. The number of ether oxygens (including phenoxy) is 5. The van der Waals surface area contributed by atoms with E-state index in [9.17, 15) is 106 Å². The van der Waals surface area contributed by atoms with Crippen molar-refractivity contribution >= 4 is 29.5 Å². The van der Waals surface area contributed by atoms with E-state index in [1.165, 1.54) is 25.7 Å². The van der Waals surface area contributed by atoms with Crippen molar-refractivity contribution in [3.05, 3.63) is 58.0 Å². The third-order valence-electron chi connectivity index (χ3n) is 13.2.